The number of anilines is 2. The van der Waals surface area contributed by atoms with Crippen LogP contribution in [0.4, 0.5) is 11.4 Å². The monoisotopic (exact) mass is 526 g/mol. The highest BCUT2D eigenvalue weighted by Gasteiger charge is 2.28. The van der Waals surface area contributed by atoms with Crippen molar-refractivity contribution in [1.29, 1.82) is 0 Å². The van der Waals surface area contributed by atoms with Crippen LogP contribution in [0.1, 0.15) is 10.4 Å². The first-order valence-corrected chi connectivity index (χ1v) is 11.9. The third-order valence-electron chi connectivity index (χ3n) is 4.45. The lowest BCUT2D eigenvalue weighted by Crippen LogP contribution is -2.38. The summed E-state index contributed by atoms with van der Waals surface area (Å²) in [6.07, 6.45) is 0. The van der Waals surface area contributed by atoms with E-state index in [4.69, 9.17) is 34.8 Å². The molecule has 0 spiro atoms. The van der Waals surface area contributed by atoms with Crippen LogP contribution in [0.3, 0.4) is 0 Å². The van der Waals surface area contributed by atoms with Crippen LogP contribution in [0.25, 0.3) is 0 Å². The Morgan fingerprint density at radius 2 is 1.64 bits per heavy atom. The van der Waals surface area contributed by atoms with Gasteiger partial charge >= 0.3 is 5.97 Å². The van der Waals surface area contributed by atoms with Crippen molar-refractivity contribution in [2.45, 2.75) is 4.90 Å². The topological polar surface area (TPSA) is 92.8 Å². The minimum atomic E-state index is -4.16. The van der Waals surface area contributed by atoms with Crippen LogP contribution < -0.4 is 9.62 Å². The number of sulfonamides is 1. The zero-order valence-corrected chi connectivity index (χ0v) is 20.2. The second-order valence-electron chi connectivity index (χ2n) is 6.68. The summed E-state index contributed by atoms with van der Waals surface area (Å²) in [5.74, 6) is -1.32. The fraction of sp³-hybridized carbons (Fsp3) is 0.0909. The molecule has 0 atom stereocenters. The number of methoxy groups -OCH3 is 1. The SMILES string of the molecule is COC(=O)c1ccc(Cl)c(NC(=O)CN(c2cccc(Cl)c2)S(=O)(=O)c2ccc(Cl)cc2)c1. The van der Waals surface area contributed by atoms with Gasteiger partial charge in [-0.05, 0) is 60.7 Å². The van der Waals surface area contributed by atoms with Gasteiger partial charge in [-0.25, -0.2) is 13.2 Å². The molecule has 0 aliphatic heterocycles. The molecular weight excluding hydrogens is 511 g/mol. The number of nitrogens with zero attached hydrogens (tertiary/aromatic N) is 1. The first kappa shape index (κ1) is 24.9. The summed E-state index contributed by atoms with van der Waals surface area (Å²) >= 11 is 18.1. The molecule has 1 N–H and O–H groups in total. The Labute approximate surface area is 205 Å². The number of nitrogens with one attached hydrogen (secondary N) is 1. The maximum atomic E-state index is 13.4. The largest absolute Gasteiger partial charge is 0.465 e. The molecule has 0 saturated carbocycles. The van der Waals surface area contributed by atoms with Crippen LogP contribution in [0.2, 0.25) is 15.1 Å². The Balaban J connectivity index is 1.95. The summed E-state index contributed by atoms with van der Waals surface area (Å²) in [6, 6.07) is 15.8. The number of amides is 1. The second-order valence-corrected chi connectivity index (χ2v) is 9.82. The molecule has 0 unspecified atom stereocenters. The lowest BCUT2D eigenvalue weighted by molar-refractivity contribution is -0.114. The van der Waals surface area contributed by atoms with E-state index in [9.17, 15) is 18.0 Å². The average molecular weight is 528 g/mol. The number of esters is 1. The maximum absolute atomic E-state index is 13.4. The van der Waals surface area contributed by atoms with Crippen molar-refractivity contribution in [3.8, 4) is 0 Å². The molecule has 0 saturated heterocycles. The molecular formula is C22H17Cl3N2O5S. The van der Waals surface area contributed by atoms with Gasteiger partial charge in [-0.3, -0.25) is 9.10 Å². The van der Waals surface area contributed by atoms with Crippen molar-refractivity contribution in [2.24, 2.45) is 0 Å². The van der Waals surface area contributed by atoms with Gasteiger partial charge in [-0.2, -0.15) is 0 Å². The Morgan fingerprint density at radius 3 is 2.27 bits per heavy atom. The zero-order chi connectivity index (χ0) is 24.2. The summed E-state index contributed by atoms with van der Waals surface area (Å²) in [5, 5.41) is 3.35. The lowest BCUT2D eigenvalue weighted by atomic mass is 10.2. The Morgan fingerprint density at radius 1 is 0.939 bits per heavy atom. The van der Waals surface area contributed by atoms with Gasteiger partial charge in [0.1, 0.15) is 6.54 Å². The first-order chi connectivity index (χ1) is 15.6. The van der Waals surface area contributed by atoms with Crippen LogP contribution in [-0.4, -0.2) is 33.9 Å². The molecule has 33 heavy (non-hydrogen) atoms. The normalized spacial score (nSPS) is 11.0. The standard InChI is InChI=1S/C22H17Cl3N2O5S/c1-32-22(29)14-5-10-19(25)20(11-14)26-21(28)13-27(17-4-2-3-16(24)12-17)33(30,31)18-8-6-15(23)7-9-18/h2-12H,13H2,1H3,(H,26,28). The number of rotatable bonds is 7. The third-order valence-corrected chi connectivity index (χ3v) is 7.05. The number of halogens is 3. The number of carbonyl (C=O) groups excluding carboxylic acids is 2. The molecule has 7 nitrogen and oxygen atoms in total. The van der Waals surface area contributed by atoms with Gasteiger partial charge in [0.2, 0.25) is 5.91 Å². The van der Waals surface area contributed by atoms with Gasteiger partial charge in [-0.1, -0.05) is 40.9 Å². The van der Waals surface area contributed by atoms with E-state index in [1.807, 2.05) is 0 Å². The van der Waals surface area contributed by atoms with Crippen molar-refractivity contribution in [3.63, 3.8) is 0 Å². The van der Waals surface area contributed by atoms with E-state index in [2.05, 4.69) is 10.1 Å². The number of ether oxygens (including phenoxy) is 1. The highest BCUT2D eigenvalue weighted by molar-refractivity contribution is 7.92. The molecule has 0 aliphatic carbocycles. The van der Waals surface area contributed by atoms with Crippen LogP contribution in [0.5, 0.6) is 0 Å². The molecule has 0 bridgehead atoms. The first-order valence-electron chi connectivity index (χ1n) is 9.33. The summed E-state index contributed by atoms with van der Waals surface area (Å²) in [7, 11) is -2.94. The highest BCUT2D eigenvalue weighted by Crippen LogP contribution is 2.28. The third kappa shape index (κ3) is 5.97. The number of benzene rings is 3. The van der Waals surface area contributed by atoms with Crippen LogP contribution in [0.15, 0.2) is 71.6 Å². The Bertz CT molecular complexity index is 1300. The number of hydrogen-bond donors (Lipinski definition) is 1. The average Bonchev–Trinajstić information content (AvgIpc) is 2.78. The summed E-state index contributed by atoms with van der Waals surface area (Å²) in [6.45, 7) is -0.593. The summed E-state index contributed by atoms with van der Waals surface area (Å²) in [4.78, 5) is 24.6. The van der Waals surface area contributed by atoms with Crippen molar-refractivity contribution in [2.75, 3.05) is 23.3 Å². The predicted molar refractivity (Wildman–Crippen MR) is 129 cm³/mol. The molecule has 0 aromatic heterocycles. The highest BCUT2D eigenvalue weighted by atomic mass is 35.5. The quantitative estimate of drug-likeness (QED) is 0.423. The van der Waals surface area contributed by atoms with Crippen LogP contribution >= 0.6 is 34.8 Å². The molecule has 3 aromatic rings. The van der Waals surface area contributed by atoms with E-state index >= 15 is 0 Å². The van der Waals surface area contributed by atoms with E-state index in [1.165, 1.54) is 61.7 Å². The molecule has 0 heterocycles. The van der Waals surface area contributed by atoms with Crippen molar-refractivity contribution < 1.29 is 22.7 Å². The van der Waals surface area contributed by atoms with E-state index in [0.717, 1.165) is 4.31 Å². The van der Waals surface area contributed by atoms with Gasteiger partial charge in [0, 0.05) is 10.0 Å². The predicted octanol–water partition coefficient (Wildman–Crippen LogP) is 5.27. The van der Waals surface area contributed by atoms with Gasteiger partial charge in [0.15, 0.2) is 0 Å². The Hall–Kier alpha value is -2.78. The van der Waals surface area contributed by atoms with E-state index < -0.39 is 28.4 Å². The van der Waals surface area contributed by atoms with Crippen molar-refractivity contribution >= 4 is 68.1 Å². The molecule has 3 rings (SSSR count). The number of hydrogen-bond acceptors (Lipinski definition) is 5. The van der Waals surface area contributed by atoms with Crippen molar-refractivity contribution in [1.82, 2.24) is 0 Å². The van der Waals surface area contributed by atoms with E-state index in [0.29, 0.717) is 5.02 Å². The molecule has 172 valence electrons. The maximum Gasteiger partial charge on any atom is 0.337 e. The smallest absolute Gasteiger partial charge is 0.337 e. The van der Waals surface area contributed by atoms with E-state index in [1.54, 1.807) is 12.1 Å². The summed E-state index contributed by atoms with van der Waals surface area (Å²) in [5.41, 5.74) is 0.471. The van der Waals surface area contributed by atoms with Gasteiger partial charge < -0.3 is 10.1 Å². The van der Waals surface area contributed by atoms with Crippen LogP contribution in [-0.2, 0) is 19.6 Å². The van der Waals surface area contributed by atoms with Gasteiger partial charge in [0.25, 0.3) is 10.0 Å². The fourth-order valence-electron chi connectivity index (χ4n) is 2.87. The minimum Gasteiger partial charge on any atom is -0.465 e. The van der Waals surface area contributed by atoms with Gasteiger partial charge in [0.05, 0.1) is 34.0 Å². The summed E-state index contributed by atoms with van der Waals surface area (Å²) < 4.78 is 32.3. The number of carbonyl (C=O) groups is 2. The molecule has 11 heteroatoms. The fourth-order valence-corrected chi connectivity index (χ4v) is 4.75. The molecule has 1 amide bonds. The van der Waals surface area contributed by atoms with E-state index in [-0.39, 0.29) is 31.9 Å². The zero-order valence-electron chi connectivity index (χ0n) is 17.1. The van der Waals surface area contributed by atoms with Crippen LogP contribution in [0, 0.1) is 0 Å². The molecule has 0 aliphatic rings. The van der Waals surface area contributed by atoms with Gasteiger partial charge in [-0.15, -0.1) is 0 Å². The molecule has 0 fully saturated rings. The Kier molecular flexibility index (Phi) is 7.86. The lowest BCUT2D eigenvalue weighted by Gasteiger charge is -2.24. The minimum absolute atomic E-state index is 0.0644. The second kappa shape index (κ2) is 10.4. The molecule has 3 aromatic carbocycles. The van der Waals surface area contributed by atoms with Crippen molar-refractivity contribution in [3.05, 3.63) is 87.4 Å². The molecule has 0 radical (unpaired) electrons.